The molecule has 1 atom stereocenters. The maximum atomic E-state index is 14.2. The molecule has 0 spiro atoms. The van der Waals surface area contributed by atoms with Crippen molar-refractivity contribution >= 4 is 28.9 Å². The summed E-state index contributed by atoms with van der Waals surface area (Å²) in [6.45, 7) is 6.21. The minimum atomic E-state index is -4.89. The quantitative estimate of drug-likeness (QED) is 0.275. The lowest BCUT2D eigenvalue weighted by Crippen LogP contribution is -2.43. The van der Waals surface area contributed by atoms with Crippen molar-refractivity contribution in [1.29, 1.82) is 0 Å². The van der Waals surface area contributed by atoms with E-state index in [2.05, 4.69) is 15.3 Å². The molecule has 1 saturated heterocycles. The number of hydrogen-bond donors (Lipinski definition) is 2. The Bertz CT molecular complexity index is 1700. The average molecular weight is 614 g/mol. The van der Waals surface area contributed by atoms with Gasteiger partial charge < -0.3 is 20.7 Å². The van der Waals surface area contributed by atoms with Gasteiger partial charge in [-0.25, -0.2) is 23.8 Å². The lowest BCUT2D eigenvalue weighted by Gasteiger charge is -2.34. The summed E-state index contributed by atoms with van der Waals surface area (Å²) in [5.41, 5.74) is 5.44. The van der Waals surface area contributed by atoms with Gasteiger partial charge in [-0.3, -0.25) is 4.79 Å². The molecule has 0 aliphatic carbocycles. The molecule has 5 rings (SSSR count). The molecule has 0 radical (unpaired) electrons. The molecular formula is C30H31F4N7O3. The Labute approximate surface area is 250 Å². The summed E-state index contributed by atoms with van der Waals surface area (Å²) < 4.78 is 61.5. The smallest absolute Gasteiger partial charge is 0.417 e. The molecule has 0 unspecified atom stereocenters. The van der Waals surface area contributed by atoms with Crippen molar-refractivity contribution in [2.24, 2.45) is 0 Å². The van der Waals surface area contributed by atoms with E-state index in [4.69, 9.17) is 15.6 Å². The molecule has 1 fully saturated rings. The fraction of sp³-hybridized carbons (Fsp3) is 0.367. The van der Waals surface area contributed by atoms with Crippen LogP contribution in [0.15, 0.2) is 48.8 Å². The van der Waals surface area contributed by atoms with E-state index >= 15 is 0 Å². The molecule has 0 bridgehead atoms. The Balaban J connectivity index is 1.37. The minimum Gasteiger partial charge on any atom is -0.444 e. The zero-order valence-electron chi connectivity index (χ0n) is 24.3. The van der Waals surface area contributed by atoms with Gasteiger partial charge in [0.25, 0.3) is 5.91 Å². The highest BCUT2D eigenvalue weighted by molar-refractivity contribution is 5.98. The van der Waals surface area contributed by atoms with Gasteiger partial charge in [-0.05, 0) is 51.3 Å². The maximum Gasteiger partial charge on any atom is 0.417 e. The number of anilines is 1. The number of benzene rings is 2. The van der Waals surface area contributed by atoms with Crippen LogP contribution in [0.25, 0.3) is 22.3 Å². The number of piperidine rings is 1. The number of carbonyl (C=O) groups excluding carboxylic acids is 2. The van der Waals surface area contributed by atoms with Crippen LogP contribution in [0, 0.1) is 5.82 Å². The van der Waals surface area contributed by atoms with Crippen molar-refractivity contribution in [2.45, 2.75) is 58.0 Å². The Hall–Kier alpha value is -4.75. The van der Waals surface area contributed by atoms with Crippen LogP contribution in [0.1, 0.15) is 61.1 Å². The topological polar surface area (TPSA) is 128 Å². The van der Waals surface area contributed by atoms with Crippen LogP contribution in [0.4, 0.5) is 28.2 Å². The van der Waals surface area contributed by atoms with Crippen LogP contribution in [0.5, 0.6) is 0 Å². The molecule has 2 aromatic carbocycles. The standard InChI is InChI=1S/C30H31F4N7O3/c1-29(2,3)44-28(43)40-13-5-6-19(15-40)41-26-23(25(35)37-16-38-26)24(39-41)18-11-9-17(10-12-18)14-36-27(42)22-20(30(32,33)34)7-4-8-21(22)31/h4,7-12,16,19H,5-6,13-15H2,1-3H3,(H,36,42)(H2,35,37,38)/t19-/m1/s1. The lowest BCUT2D eigenvalue weighted by molar-refractivity contribution is -0.138. The number of hydrogen-bond acceptors (Lipinski definition) is 7. The summed E-state index contributed by atoms with van der Waals surface area (Å²) >= 11 is 0. The van der Waals surface area contributed by atoms with Gasteiger partial charge >= 0.3 is 12.3 Å². The summed E-state index contributed by atoms with van der Waals surface area (Å²) in [7, 11) is 0. The number of nitrogens with one attached hydrogen (secondary N) is 1. The van der Waals surface area contributed by atoms with Gasteiger partial charge in [-0.2, -0.15) is 18.3 Å². The number of nitrogens with zero attached hydrogens (tertiary/aromatic N) is 5. The molecule has 10 nitrogen and oxygen atoms in total. The molecule has 1 aliphatic heterocycles. The van der Waals surface area contributed by atoms with Crippen molar-refractivity contribution in [2.75, 3.05) is 18.8 Å². The van der Waals surface area contributed by atoms with Gasteiger partial charge in [0, 0.05) is 25.2 Å². The lowest BCUT2D eigenvalue weighted by atomic mass is 10.0. The Morgan fingerprint density at radius 3 is 2.50 bits per heavy atom. The Kier molecular flexibility index (Phi) is 8.19. The highest BCUT2D eigenvalue weighted by Gasteiger charge is 2.37. The van der Waals surface area contributed by atoms with Crippen LogP contribution in [0.3, 0.4) is 0 Å². The Morgan fingerprint density at radius 1 is 1.09 bits per heavy atom. The van der Waals surface area contributed by atoms with E-state index in [1.54, 1.807) is 33.8 Å². The van der Waals surface area contributed by atoms with E-state index in [0.29, 0.717) is 47.0 Å². The number of amides is 2. The van der Waals surface area contributed by atoms with Crippen LogP contribution in [0.2, 0.25) is 0 Å². The van der Waals surface area contributed by atoms with Gasteiger partial charge in [0.15, 0.2) is 5.65 Å². The molecule has 2 aromatic heterocycles. The molecule has 1 aliphatic rings. The van der Waals surface area contributed by atoms with Crippen molar-refractivity contribution in [1.82, 2.24) is 30.0 Å². The van der Waals surface area contributed by atoms with Gasteiger partial charge in [0.05, 0.1) is 22.6 Å². The van der Waals surface area contributed by atoms with Crippen LogP contribution in [-0.2, 0) is 17.5 Å². The minimum absolute atomic E-state index is 0.145. The molecular weight excluding hydrogens is 582 g/mol. The van der Waals surface area contributed by atoms with E-state index < -0.39 is 40.7 Å². The molecule has 44 heavy (non-hydrogen) atoms. The SMILES string of the molecule is CC(C)(C)OC(=O)N1CCC[C@@H](n2nc(-c3ccc(CNC(=O)c4c(F)cccc4C(F)(F)F)cc3)c3c(N)ncnc32)C1. The first-order valence-corrected chi connectivity index (χ1v) is 13.9. The van der Waals surface area contributed by atoms with E-state index in [1.165, 1.54) is 6.33 Å². The van der Waals surface area contributed by atoms with Gasteiger partial charge in [0.2, 0.25) is 0 Å². The number of aromatic nitrogens is 4. The number of rotatable bonds is 5. The molecule has 3 heterocycles. The van der Waals surface area contributed by atoms with Crippen LogP contribution >= 0.6 is 0 Å². The third-order valence-electron chi connectivity index (χ3n) is 7.14. The first kappa shape index (κ1) is 30.7. The highest BCUT2D eigenvalue weighted by Crippen LogP contribution is 2.35. The van der Waals surface area contributed by atoms with E-state index in [9.17, 15) is 27.2 Å². The largest absolute Gasteiger partial charge is 0.444 e. The van der Waals surface area contributed by atoms with Crippen molar-refractivity contribution in [3.63, 3.8) is 0 Å². The predicted molar refractivity (Wildman–Crippen MR) is 154 cm³/mol. The van der Waals surface area contributed by atoms with Gasteiger partial charge in [-0.15, -0.1) is 0 Å². The highest BCUT2D eigenvalue weighted by atomic mass is 19.4. The second-order valence-electron chi connectivity index (χ2n) is 11.5. The Morgan fingerprint density at radius 2 is 1.82 bits per heavy atom. The molecule has 0 saturated carbocycles. The van der Waals surface area contributed by atoms with Crippen LogP contribution in [-0.4, -0.2) is 55.3 Å². The third-order valence-corrected chi connectivity index (χ3v) is 7.14. The van der Waals surface area contributed by atoms with Gasteiger partial charge in [-0.1, -0.05) is 30.3 Å². The van der Waals surface area contributed by atoms with E-state index in [1.807, 2.05) is 20.8 Å². The van der Waals surface area contributed by atoms with Crippen molar-refractivity contribution in [3.8, 4) is 11.3 Å². The first-order chi connectivity index (χ1) is 20.7. The van der Waals surface area contributed by atoms with Crippen molar-refractivity contribution < 1.29 is 31.9 Å². The molecule has 4 aromatic rings. The average Bonchev–Trinajstić information content (AvgIpc) is 3.36. The normalized spacial score (nSPS) is 15.8. The number of nitrogens with two attached hydrogens (primary N) is 1. The number of likely N-dealkylation sites (tertiary alicyclic amines) is 1. The van der Waals surface area contributed by atoms with Crippen LogP contribution < -0.4 is 11.1 Å². The molecule has 14 heteroatoms. The number of alkyl halides is 3. The summed E-state index contributed by atoms with van der Waals surface area (Å²) in [5, 5.41) is 7.73. The zero-order chi connectivity index (χ0) is 31.8. The summed E-state index contributed by atoms with van der Waals surface area (Å²) in [6, 6.07) is 8.94. The number of carbonyl (C=O) groups is 2. The molecule has 3 N–H and O–H groups in total. The first-order valence-electron chi connectivity index (χ1n) is 13.9. The van der Waals surface area contributed by atoms with Crippen molar-refractivity contribution in [3.05, 3.63) is 71.3 Å². The molecule has 232 valence electrons. The second kappa shape index (κ2) is 11.7. The number of fused-ring (bicyclic) bond motifs is 1. The third kappa shape index (κ3) is 6.43. The zero-order valence-corrected chi connectivity index (χ0v) is 24.3. The maximum absolute atomic E-state index is 14.2. The van der Waals surface area contributed by atoms with E-state index in [0.717, 1.165) is 25.0 Å². The van der Waals surface area contributed by atoms with Gasteiger partial charge in [0.1, 0.15) is 29.3 Å². The summed E-state index contributed by atoms with van der Waals surface area (Å²) in [4.78, 5) is 35.5. The van der Waals surface area contributed by atoms with E-state index in [-0.39, 0.29) is 18.4 Å². The fourth-order valence-electron chi connectivity index (χ4n) is 5.14. The monoisotopic (exact) mass is 613 g/mol. The molecule has 2 amide bonds. The second-order valence-corrected chi connectivity index (χ2v) is 11.5. The number of ether oxygens (including phenoxy) is 1. The number of nitrogen functional groups attached to an aromatic ring is 1. The predicted octanol–water partition coefficient (Wildman–Crippen LogP) is 5.74. The fourth-order valence-corrected chi connectivity index (χ4v) is 5.14. The number of halogens is 4. The summed E-state index contributed by atoms with van der Waals surface area (Å²) in [5.74, 6) is -2.22. The summed E-state index contributed by atoms with van der Waals surface area (Å²) in [6.07, 6.45) is -2.46.